The number of benzene rings is 1. The van der Waals surface area contributed by atoms with Crippen molar-refractivity contribution in [1.29, 1.82) is 0 Å². The number of hydrogen-bond acceptors (Lipinski definition) is 7. The molecular weight excluding hydrogens is 314 g/mol. The summed E-state index contributed by atoms with van der Waals surface area (Å²) in [6.45, 7) is 6.30. The number of fused-ring (bicyclic) bond motifs is 1. The average molecular weight is 337 g/mol. The van der Waals surface area contributed by atoms with Crippen LogP contribution in [0.1, 0.15) is 38.7 Å². The van der Waals surface area contributed by atoms with Gasteiger partial charge in [0.15, 0.2) is 11.5 Å². The van der Waals surface area contributed by atoms with Gasteiger partial charge >= 0.3 is 6.16 Å². The highest BCUT2D eigenvalue weighted by Gasteiger charge is 2.32. The van der Waals surface area contributed by atoms with E-state index in [0.29, 0.717) is 18.7 Å². The molecule has 1 fully saturated rings. The van der Waals surface area contributed by atoms with E-state index in [-0.39, 0.29) is 19.3 Å². The molecule has 1 saturated heterocycles. The Morgan fingerprint density at radius 2 is 2.04 bits per heavy atom. The summed E-state index contributed by atoms with van der Waals surface area (Å²) >= 11 is 0. The molecule has 0 radical (unpaired) electrons. The van der Waals surface area contributed by atoms with Crippen molar-refractivity contribution in [3.8, 4) is 11.5 Å². The minimum absolute atomic E-state index is 0.0435. The summed E-state index contributed by atoms with van der Waals surface area (Å²) in [5.74, 6) is 1.38. The first kappa shape index (κ1) is 16.9. The fourth-order valence-electron chi connectivity index (χ4n) is 2.89. The van der Waals surface area contributed by atoms with Gasteiger partial charge in [0, 0.05) is 12.5 Å². The zero-order valence-electron chi connectivity index (χ0n) is 14.2. The van der Waals surface area contributed by atoms with Gasteiger partial charge < -0.3 is 24.2 Å². The molecule has 0 spiro atoms. The first-order valence-electron chi connectivity index (χ1n) is 8.05. The standard InChI is InChI=1S/C17H23NO6/c1-17(2,3)23-16(20)24-18-7-6-12(13(19)9-18)11-4-5-14-15(8-11)22-10-21-14/h4-5,8,12-13,19H,6-7,9-10H2,1-3H3. The molecule has 7 nitrogen and oxygen atoms in total. The third-order valence-corrected chi connectivity index (χ3v) is 3.96. The number of β-amino-alcohol motifs (C(OH)–C–C–N with tert-alkyl or cyclic N) is 1. The van der Waals surface area contributed by atoms with Crippen molar-refractivity contribution in [2.45, 2.75) is 44.8 Å². The molecule has 0 amide bonds. The minimum atomic E-state index is -0.753. The molecule has 2 atom stereocenters. The molecule has 1 N–H and O–H groups in total. The average Bonchev–Trinajstić information content (AvgIpc) is 2.92. The zero-order chi connectivity index (χ0) is 17.3. The molecule has 2 aliphatic rings. The second kappa shape index (κ2) is 6.49. The number of piperidine rings is 1. The van der Waals surface area contributed by atoms with Crippen molar-refractivity contribution >= 4 is 6.16 Å². The third kappa shape index (κ3) is 3.91. The first-order valence-corrected chi connectivity index (χ1v) is 8.05. The lowest BCUT2D eigenvalue weighted by atomic mass is 9.87. The Labute approximate surface area is 141 Å². The summed E-state index contributed by atoms with van der Waals surface area (Å²) in [7, 11) is 0. The van der Waals surface area contributed by atoms with E-state index in [1.54, 1.807) is 20.8 Å². The highest BCUT2D eigenvalue weighted by molar-refractivity contribution is 5.60. The number of carbonyl (C=O) groups is 1. The molecule has 2 aliphatic heterocycles. The number of aliphatic hydroxyl groups is 1. The van der Waals surface area contributed by atoms with Gasteiger partial charge in [0.1, 0.15) is 5.60 Å². The lowest BCUT2D eigenvalue weighted by molar-refractivity contribution is -0.170. The van der Waals surface area contributed by atoms with Gasteiger partial charge in [-0.1, -0.05) is 6.07 Å². The predicted molar refractivity (Wildman–Crippen MR) is 84.8 cm³/mol. The maximum Gasteiger partial charge on any atom is 0.528 e. The van der Waals surface area contributed by atoms with Gasteiger partial charge in [-0.3, -0.25) is 0 Å². The van der Waals surface area contributed by atoms with Crippen LogP contribution in [0.5, 0.6) is 11.5 Å². The van der Waals surface area contributed by atoms with E-state index in [1.807, 2.05) is 18.2 Å². The summed E-state index contributed by atoms with van der Waals surface area (Å²) in [6.07, 6.45) is -0.748. The van der Waals surface area contributed by atoms with Gasteiger partial charge in [-0.15, -0.1) is 5.06 Å². The molecule has 7 heteroatoms. The van der Waals surface area contributed by atoms with Crippen molar-refractivity contribution in [3.63, 3.8) is 0 Å². The van der Waals surface area contributed by atoms with E-state index in [0.717, 1.165) is 11.3 Å². The summed E-state index contributed by atoms with van der Waals surface area (Å²) in [6, 6.07) is 5.69. The number of rotatable bonds is 2. The number of nitrogens with zero attached hydrogens (tertiary/aromatic N) is 1. The van der Waals surface area contributed by atoms with E-state index in [4.69, 9.17) is 19.0 Å². The number of aliphatic hydroxyl groups excluding tert-OH is 1. The summed E-state index contributed by atoms with van der Waals surface area (Å²) in [5, 5.41) is 11.9. The van der Waals surface area contributed by atoms with Crippen LogP contribution in [0.2, 0.25) is 0 Å². The molecule has 0 aromatic heterocycles. The largest absolute Gasteiger partial charge is 0.528 e. The fourth-order valence-corrected chi connectivity index (χ4v) is 2.89. The zero-order valence-corrected chi connectivity index (χ0v) is 14.2. The van der Waals surface area contributed by atoms with Crippen LogP contribution in [0, 0.1) is 0 Å². The summed E-state index contributed by atoms with van der Waals surface area (Å²) in [4.78, 5) is 16.9. The second-order valence-electron chi connectivity index (χ2n) is 7.02. The summed E-state index contributed by atoms with van der Waals surface area (Å²) < 4.78 is 15.8. The van der Waals surface area contributed by atoms with Crippen LogP contribution in [0.25, 0.3) is 0 Å². The normalized spacial score (nSPS) is 23.8. The van der Waals surface area contributed by atoms with Crippen LogP contribution < -0.4 is 9.47 Å². The Kier molecular flexibility index (Phi) is 4.56. The first-order chi connectivity index (χ1) is 11.3. The minimum Gasteiger partial charge on any atom is -0.454 e. The van der Waals surface area contributed by atoms with Gasteiger partial charge in [-0.2, -0.15) is 0 Å². The van der Waals surface area contributed by atoms with Gasteiger partial charge in [0.25, 0.3) is 0 Å². The lowest BCUT2D eigenvalue weighted by Crippen LogP contribution is -2.44. The van der Waals surface area contributed by atoms with Crippen LogP contribution in [-0.4, -0.2) is 47.9 Å². The molecule has 24 heavy (non-hydrogen) atoms. The molecule has 0 aliphatic carbocycles. The quantitative estimate of drug-likeness (QED) is 0.831. The number of hydrogen-bond donors (Lipinski definition) is 1. The summed E-state index contributed by atoms with van der Waals surface area (Å²) in [5.41, 5.74) is 0.379. The third-order valence-electron chi connectivity index (χ3n) is 3.96. The van der Waals surface area contributed by atoms with Crippen molar-refractivity contribution < 1.29 is 28.9 Å². The Bertz CT molecular complexity index is 612. The van der Waals surface area contributed by atoms with Crippen molar-refractivity contribution in [2.24, 2.45) is 0 Å². The van der Waals surface area contributed by atoms with E-state index >= 15 is 0 Å². The maximum atomic E-state index is 11.7. The topological polar surface area (TPSA) is 77.5 Å². The van der Waals surface area contributed by atoms with Crippen molar-refractivity contribution in [1.82, 2.24) is 5.06 Å². The Balaban J connectivity index is 1.58. The van der Waals surface area contributed by atoms with Crippen LogP contribution in [0.3, 0.4) is 0 Å². The van der Waals surface area contributed by atoms with Crippen LogP contribution in [-0.2, 0) is 9.57 Å². The van der Waals surface area contributed by atoms with Gasteiger partial charge in [0.05, 0.1) is 12.6 Å². The molecule has 132 valence electrons. The molecular formula is C17H23NO6. The van der Waals surface area contributed by atoms with Crippen LogP contribution >= 0.6 is 0 Å². The Morgan fingerprint density at radius 3 is 2.75 bits per heavy atom. The smallest absolute Gasteiger partial charge is 0.454 e. The Morgan fingerprint density at radius 1 is 1.29 bits per heavy atom. The van der Waals surface area contributed by atoms with E-state index < -0.39 is 17.9 Å². The predicted octanol–water partition coefficient (Wildman–Crippen LogP) is 2.43. The molecule has 0 bridgehead atoms. The van der Waals surface area contributed by atoms with Crippen molar-refractivity contribution in [3.05, 3.63) is 23.8 Å². The highest BCUT2D eigenvalue weighted by Crippen LogP contribution is 2.37. The van der Waals surface area contributed by atoms with Gasteiger partial charge in [0.2, 0.25) is 6.79 Å². The van der Waals surface area contributed by atoms with Gasteiger partial charge in [-0.05, 0) is 44.9 Å². The van der Waals surface area contributed by atoms with Crippen LogP contribution in [0.4, 0.5) is 4.79 Å². The van der Waals surface area contributed by atoms with E-state index in [1.165, 1.54) is 5.06 Å². The van der Waals surface area contributed by atoms with E-state index in [2.05, 4.69) is 0 Å². The second-order valence-corrected chi connectivity index (χ2v) is 7.02. The lowest BCUT2D eigenvalue weighted by Gasteiger charge is -2.34. The van der Waals surface area contributed by atoms with E-state index in [9.17, 15) is 9.90 Å². The number of ether oxygens (including phenoxy) is 3. The molecule has 3 rings (SSSR count). The maximum absolute atomic E-state index is 11.7. The van der Waals surface area contributed by atoms with Crippen molar-refractivity contribution in [2.75, 3.05) is 19.9 Å². The molecule has 2 unspecified atom stereocenters. The Hall–Kier alpha value is -1.99. The number of carbonyl (C=O) groups excluding carboxylic acids is 1. The molecule has 1 aromatic carbocycles. The van der Waals surface area contributed by atoms with Crippen LogP contribution in [0.15, 0.2) is 18.2 Å². The molecule has 0 saturated carbocycles. The SMILES string of the molecule is CC(C)(C)OC(=O)ON1CCC(c2ccc3c(c2)OCO3)C(O)C1. The molecule has 1 aromatic rings. The number of hydroxylamine groups is 2. The monoisotopic (exact) mass is 337 g/mol. The molecule has 2 heterocycles. The fraction of sp³-hybridized carbons (Fsp3) is 0.588. The highest BCUT2D eigenvalue weighted by atomic mass is 16.8. The van der Waals surface area contributed by atoms with Gasteiger partial charge in [-0.25, -0.2) is 4.79 Å².